The molecule has 39 heavy (non-hydrogen) atoms. The molecule has 1 aliphatic carbocycles. The fraction of sp³-hybridized carbons (Fsp3) is 0.346. The third-order valence-corrected chi connectivity index (χ3v) is 7.63. The van der Waals surface area contributed by atoms with E-state index in [1.807, 2.05) is 0 Å². The number of anilines is 1. The van der Waals surface area contributed by atoms with Crippen molar-refractivity contribution in [2.45, 2.75) is 45.3 Å². The first-order valence-corrected chi connectivity index (χ1v) is 12.7. The van der Waals surface area contributed by atoms with Gasteiger partial charge < -0.3 is 9.64 Å². The van der Waals surface area contributed by atoms with Gasteiger partial charge in [0.25, 0.3) is 5.91 Å². The summed E-state index contributed by atoms with van der Waals surface area (Å²) >= 11 is 1.23. The number of hydrogen-bond donors (Lipinski definition) is 1. The van der Waals surface area contributed by atoms with Crippen LogP contribution in [0.25, 0.3) is 11.1 Å². The van der Waals surface area contributed by atoms with Gasteiger partial charge in [0.1, 0.15) is 5.75 Å². The normalized spacial score (nSPS) is 18.2. The van der Waals surface area contributed by atoms with Crippen LogP contribution in [0.4, 0.5) is 18.3 Å². The van der Waals surface area contributed by atoms with Crippen molar-refractivity contribution >= 4 is 28.3 Å². The van der Waals surface area contributed by atoms with E-state index in [0.29, 0.717) is 39.0 Å². The summed E-state index contributed by atoms with van der Waals surface area (Å²) in [5, 5.41) is 12.5. The van der Waals surface area contributed by atoms with Crippen LogP contribution in [0.2, 0.25) is 0 Å². The van der Waals surface area contributed by atoms with Gasteiger partial charge in [-0.25, -0.2) is 4.98 Å². The molecule has 1 N–H and O–H groups in total. The highest BCUT2D eigenvalue weighted by Crippen LogP contribution is 2.39. The number of aryl methyl sites for hydroxylation is 1. The number of alkyl halides is 3. The zero-order valence-electron chi connectivity index (χ0n) is 20.8. The van der Waals surface area contributed by atoms with Gasteiger partial charge in [0, 0.05) is 28.9 Å². The lowest BCUT2D eigenvalue weighted by molar-refractivity contribution is -0.353. The van der Waals surface area contributed by atoms with Crippen LogP contribution in [0.1, 0.15) is 45.0 Å². The van der Waals surface area contributed by atoms with E-state index in [1.165, 1.54) is 24.6 Å². The van der Waals surface area contributed by atoms with E-state index in [-0.39, 0.29) is 37.4 Å². The number of ether oxygens (including phenoxy) is 2. The molecule has 0 saturated heterocycles. The number of nitriles is 1. The molecular weight excluding hydrogens is 535 g/mol. The SMILES string of the molecule is COc1ccc(C#N)cc1-c1cc(C)ncc1C(=O)Nc1nc2c(s1)CN(C(=O)[C@H]1C[C@H](OC(F)(F)F)C1)C2. The van der Waals surface area contributed by atoms with Crippen molar-refractivity contribution in [2.24, 2.45) is 5.92 Å². The highest BCUT2D eigenvalue weighted by molar-refractivity contribution is 7.16. The summed E-state index contributed by atoms with van der Waals surface area (Å²) in [4.78, 5) is 37.1. The third-order valence-electron chi connectivity index (χ3n) is 6.63. The van der Waals surface area contributed by atoms with Gasteiger partial charge in [-0.05, 0) is 44.0 Å². The number of benzene rings is 1. The van der Waals surface area contributed by atoms with Gasteiger partial charge >= 0.3 is 6.36 Å². The Hall–Kier alpha value is -4.02. The molecule has 13 heteroatoms. The molecule has 2 amide bonds. The zero-order valence-corrected chi connectivity index (χ0v) is 21.7. The second-order valence-electron chi connectivity index (χ2n) is 9.29. The Morgan fingerprint density at radius 3 is 2.64 bits per heavy atom. The van der Waals surface area contributed by atoms with Crippen molar-refractivity contribution in [3.05, 3.63) is 57.9 Å². The van der Waals surface area contributed by atoms with Crippen molar-refractivity contribution in [2.75, 3.05) is 12.4 Å². The Morgan fingerprint density at radius 1 is 1.21 bits per heavy atom. The monoisotopic (exact) mass is 557 g/mol. The molecule has 9 nitrogen and oxygen atoms in total. The fourth-order valence-corrected chi connectivity index (χ4v) is 5.66. The minimum Gasteiger partial charge on any atom is -0.496 e. The first-order valence-electron chi connectivity index (χ1n) is 11.9. The Morgan fingerprint density at radius 2 is 1.97 bits per heavy atom. The van der Waals surface area contributed by atoms with Crippen LogP contribution in [-0.2, 0) is 22.6 Å². The van der Waals surface area contributed by atoms with Crippen LogP contribution < -0.4 is 10.1 Å². The van der Waals surface area contributed by atoms with E-state index in [1.54, 1.807) is 36.1 Å². The van der Waals surface area contributed by atoms with Crippen LogP contribution in [0.15, 0.2) is 30.5 Å². The lowest BCUT2D eigenvalue weighted by Gasteiger charge is -2.36. The number of halogens is 3. The van der Waals surface area contributed by atoms with E-state index < -0.39 is 24.3 Å². The molecule has 1 aliphatic heterocycles. The standard InChI is InChI=1S/C26H22F3N5O4S/c1-13-5-17(18-6-14(9-30)3-4-21(18)37-2)19(10-31-13)23(35)33-25-32-20-11-34(12-22(20)39-25)24(36)15-7-16(8-15)38-26(27,28)29/h3-6,10,15-16H,7-8,11-12H2,1-2H3,(H,32,33,35)/t15-,16-. The predicted octanol–water partition coefficient (Wildman–Crippen LogP) is 4.80. The molecular formula is C26H22F3N5O4S. The number of carbonyl (C=O) groups excluding carboxylic acids is 2. The molecule has 1 saturated carbocycles. The molecule has 0 spiro atoms. The van der Waals surface area contributed by atoms with Gasteiger partial charge in [-0.2, -0.15) is 5.26 Å². The summed E-state index contributed by atoms with van der Waals surface area (Å²) in [6.45, 7) is 2.28. The van der Waals surface area contributed by atoms with Gasteiger partial charge in [-0.1, -0.05) is 11.3 Å². The number of pyridine rings is 1. The first kappa shape index (κ1) is 26.6. The van der Waals surface area contributed by atoms with E-state index in [9.17, 15) is 28.0 Å². The number of fused-ring (bicyclic) bond motifs is 1. The lowest BCUT2D eigenvalue weighted by Crippen LogP contribution is -2.44. The van der Waals surface area contributed by atoms with Crippen LogP contribution in [0.5, 0.6) is 5.75 Å². The van der Waals surface area contributed by atoms with Gasteiger partial charge in [-0.3, -0.25) is 24.6 Å². The van der Waals surface area contributed by atoms with Crippen LogP contribution in [0, 0.1) is 24.2 Å². The molecule has 0 radical (unpaired) electrons. The summed E-state index contributed by atoms with van der Waals surface area (Å²) in [6, 6.07) is 8.77. The molecule has 1 fully saturated rings. The fourth-order valence-electron chi connectivity index (χ4n) is 4.68. The van der Waals surface area contributed by atoms with Crippen molar-refractivity contribution in [1.29, 1.82) is 5.26 Å². The highest BCUT2D eigenvalue weighted by Gasteiger charge is 2.44. The number of thiazole rings is 1. The number of nitrogens with one attached hydrogen (secondary N) is 1. The smallest absolute Gasteiger partial charge is 0.496 e. The molecule has 0 atom stereocenters. The molecule has 1 aromatic carbocycles. The molecule has 0 unspecified atom stereocenters. The largest absolute Gasteiger partial charge is 0.522 e. The number of carbonyl (C=O) groups is 2. The van der Waals surface area contributed by atoms with Crippen molar-refractivity contribution in [1.82, 2.24) is 14.9 Å². The Balaban J connectivity index is 1.27. The number of nitrogens with zero attached hydrogens (tertiary/aromatic N) is 4. The van der Waals surface area contributed by atoms with Gasteiger partial charge in [0.15, 0.2) is 5.13 Å². The quantitative estimate of drug-likeness (QED) is 0.463. The summed E-state index contributed by atoms with van der Waals surface area (Å²) in [5.41, 5.74) is 3.10. The molecule has 5 rings (SSSR count). The minimum atomic E-state index is -4.70. The minimum absolute atomic E-state index is 0.0339. The first-order chi connectivity index (χ1) is 18.5. The van der Waals surface area contributed by atoms with Crippen LogP contribution in [-0.4, -0.2) is 46.3 Å². The van der Waals surface area contributed by atoms with Crippen LogP contribution >= 0.6 is 11.3 Å². The van der Waals surface area contributed by atoms with Gasteiger partial charge in [0.2, 0.25) is 5.91 Å². The Labute approximate surface area is 225 Å². The third kappa shape index (κ3) is 5.57. The molecule has 0 bridgehead atoms. The maximum absolute atomic E-state index is 13.3. The lowest BCUT2D eigenvalue weighted by atomic mass is 9.81. The van der Waals surface area contributed by atoms with Crippen LogP contribution in [0.3, 0.4) is 0 Å². The number of amides is 2. The molecule has 2 aliphatic rings. The Kier molecular flexibility index (Phi) is 7.00. The Bertz CT molecular complexity index is 1470. The number of aromatic nitrogens is 2. The average molecular weight is 558 g/mol. The molecule has 3 aromatic rings. The summed E-state index contributed by atoms with van der Waals surface area (Å²) in [7, 11) is 1.50. The average Bonchev–Trinajstić information content (AvgIpc) is 3.43. The molecule has 2 aromatic heterocycles. The molecule has 3 heterocycles. The summed E-state index contributed by atoms with van der Waals surface area (Å²) < 4.78 is 46.5. The van der Waals surface area contributed by atoms with E-state index in [2.05, 4.69) is 26.1 Å². The summed E-state index contributed by atoms with van der Waals surface area (Å²) in [5.74, 6) is -0.687. The number of hydrogen-bond acceptors (Lipinski definition) is 8. The van der Waals surface area contributed by atoms with Gasteiger partial charge in [0.05, 0.1) is 54.1 Å². The van der Waals surface area contributed by atoms with E-state index in [0.717, 1.165) is 4.88 Å². The molecule has 202 valence electrons. The zero-order chi connectivity index (χ0) is 27.9. The second kappa shape index (κ2) is 10.3. The highest BCUT2D eigenvalue weighted by atomic mass is 32.1. The van der Waals surface area contributed by atoms with E-state index in [4.69, 9.17) is 4.74 Å². The number of rotatable bonds is 6. The maximum Gasteiger partial charge on any atom is 0.522 e. The number of methoxy groups -OCH3 is 1. The predicted molar refractivity (Wildman–Crippen MR) is 134 cm³/mol. The topological polar surface area (TPSA) is 117 Å². The van der Waals surface area contributed by atoms with Crippen molar-refractivity contribution in [3.63, 3.8) is 0 Å². The van der Waals surface area contributed by atoms with Crippen molar-refractivity contribution < 1.29 is 32.2 Å². The van der Waals surface area contributed by atoms with Crippen molar-refractivity contribution in [3.8, 4) is 22.9 Å². The van der Waals surface area contributed by atoms with E-state index >= 15 is 0 Å². The summed E-state index contributed by atoms with van der Waals surface area (Å²) in [6.07, 6.45) is -4.17. The second-order valence-corrected chi connectivity index (χ2v) is 10.4. The van der Waals surface area contributed by atoms with Gasteiger partial charge in [-0.15, -0.1) is 13.2 Å². The maximum atomic E-state index is 13.3.